The normalized spacial score (nSPS) is 14.1. The minimum Gasteiger partial charge on any atom is -0.397 e. The lowest BCUT2D eigenvalue weighted by Crippen LogP contribution is -2.40. The first-order valence-electron chi connectivity index (χ1n) is 5.52. The smallest absolute Gasteiger partial charge is 0.251 e. The fourth-order valence-corrected chi connectivity index (χ4v) is 1.57. The number of amides is 1. The quantitative estimate of drug-likeness (QED) is 0.746. The van der Waals surface area contributed by atoms with Gasteiger partial charge in [-0.2, -0.15) is 0 Å². The van der Waals surface area contributed by atoms with Crippen LogP contribution < -0.4 is 11.1 Å². The number of nitrogens with two attached hydrogens (primary N) is 1. The van der Waals surface area contributed by atoms with Gasteiger partial charge in [-0.05, 0) is 25.5 Å². The molecule has 0 saturated carbocycles. The first-order valence-corrected chi connectivity index (χ1v) is 6.27. The molecule has 1 rings (SSSR count). The third kappa shape index (κ3) is 3.77. The zero-order chi connectivity index (χ0) is 13.9. The summed E-state index contributed by atoms with van der Waals surface area (Å²) >= 11 is 11.6. The van der Waals surface area contributed by atoms with Crippen LogP contribution in [0.5, 0.6) is 0 Å². The van der Waals surface area contributed by atoms with E-state index in [4.69, 9.17) is 28.9 Å². The van der Waals surface area contributed by atoms with Crippen molar-refractivity contribution in [3.8, 4) is 0 Å². The fourth-order valence-electron chi connectivity index (χ4n) is 1.24. The lowest BCUT2D eigenvalue weighted by molar-refractivity contribution is 0.0518. The average molecular weight is 291 g/mol. The van der Waals surface area contributed by atoms with Gasteiger partial charge in [0.1, 0.15) is 0 Å². The van der Waals surface area contributed by atoms with Crippen LogP contribution in [-0.4, -0.2) is 23.2 Å². The molecule has 6 heteroatoms. The van der Waals surface area contributed by atoms with Crippen molar-refractivity contribution >= 4 is 34.8 Å². The fraction of sp³-hybridized carbons (Fsp3) is 0.417. The second-order valence-corrected chi connectivity index (χ2v) is 5.18. The highest BCUT2D eigenvalue weighted by atomic mass is 35.5. The van der Waals surface area contributed by atoms with Crippen molar-refractivity contribution in [3.05, 3.63) is 27.7 Å². The molecule has 0 aliphatic heterocycles. The summed E-state index contributed by atoms with van der Waals surface area (Å²) in [4.78, 5) is 11.8. The molecule has 0 bridgehead atoms. The Morgan fingerprint density at radius 1 is 1.50 bits per heavy atom. The summed E-state index contributed by atoms with van der Waals surface area (Å²) in [5.41, 5.74) is 5.25. The number of hydrogen-bond donors (Lipinski definition) is 3. The molecule has 0 saturated heterocycles. The van der Waals surface area contributed by atoms with Crippen LogP contribution in [0.4, 0.5) is 5.69 Å². The molecule has 0 aromatic heterocycles. The van der Waals surface area contributed by atoms with Crippen molar-refractivity contribution in [2.24, 2.45) is 0 Å². The minimum absolute atomic E-state index is 0.155. The van der Waals surface area contributed by atoms with Crippen molar-refractivity contribution in [1.82, 2.24) is 5.32 Å². The van der Waals surface area contributed by atoms with Crippen molar-refractivity contribution in [2.45, 2.75) is 25.9 Å². The van der Waals surface area contributed by atoms with Crippen LogP contribution in [0.15, 0.2) is 12.1 Å². The number of carbonyl (C=O) groups excluding carboxylic acids is 1. The Labute approximate surface area is 116 Å². The van der Waals surface area contributed by atoms with Gasteiger partial charge in [-0.3, -0.25) is 4.79 Å². The Kier molecular flexibility index (Phi) is 4.85. The lowest BCUT2D eigenvalue weighted by atomic mass is 10.0. The molecule has 100 valence electrons. The van der Waals surface area contributed by atoms with Crippen molar-refractivity contribution in [2.75, 3.05) is 12.3 Å². The SMILES string of the molecule is CCC(C)(O)CNC(=O)c1cc(N)c(Cl)c(Cl)c1. The maximum absolute atomic E-state index is 11.8. The van der Waals surface area contributed by atoms with Crippen molar-refractivity contribution < 1.29 is 9.90 Å². The Hall–Kier alpha value is -0.970. The molecule has 4 N–H and O–H groups in total. The van der Waals surface area contributed by atoms with Crippen LogP contribution >= 0.6 is 23.2 Å². The van der Waals surface area contributed by atoms with E-state index >= 15 is 0 Å². The van der Waals surface area contributed by atoms with Gasteiger partial charge in [0.15, 0.2) is 0 Å². The van der Waals surface area contributed by atoms with Gasteiger partial charge in [-0.1, -0.05) is 30.1 Å². The van der Waals surface area contributed by atoms with E-state index < -0.39 is 5.60 Å². The van der Waals surface area contributed by atoms with Crippen molar-refractivity contribution in [1.29, 1.82) is 0 Å². The second kappa shape index (κ2) is 5.78. The molecule has 1 unspecified atom stereocenters. The molecular formula is C12H16Cl2N2O2. The van der Waals surface area contributed by atoms with E-state index in [0.717, 1.165) is 0 Å². The topological polar surface area (TPSA) is 75.3 Å². The standard InChI is InChI=1S/C12H16Cl2N2O2/c1-3-12(2,18)6-16-11(17)7-4-8(13)10(14)9(15)5-7/h4-5,18H,3,6,15H2,1-2H3,(H,16,17). The van der Waals surface area contributed by atoms with Crippen molar-refractivity contribution in [3.63, 3.8) is 0 Å². The molecule has 0 aliphatic rings. The number of carbonyl (C=O) groups is 1. The Balaban J connectivity index is 2.80. The molecule has 0 heterocycles. The second-order valence-electron chi connectivity index (χ2n) is 4.39. The Bertz CT molecular complexity index is 438. The van der Waals surface area contributed by atoms with E-state index in [1.54, 1.807) is 6.92 Å². The lowest BCUT2D eigenvalue weighted by Gasteiger charge is -2.21. The van der Waals surface area contributed by atoms with E-state index in [2.05, 4.69) is 5.32 Å². The number of hydrogen-bond acceptors (Lipinski definition) is 3. The summed E-state index contributed by atoms with van der Waals surface area (Å²) in [6.45, 7) is 3.64. The molecule has 1 atom stereocenters. The summed E-state index contributed by atoms with van der Waals surface area (Å²) in [6, 6.07) is 2.89. The van der Waals surface area contributed by atoms with E-state index in [1.807, 2.05) is 6.92 Å². The van der Waals surface area contributed by atoms with Crippen LogP contribution in [0.2, 0.25) is 10.0 Å². The maximum Gasteiger partial charge on any atom is 0.251 e. The highest BCUT2D eigenvalue weighted by Gasteiger charge is 2.19. The number of nitrogen functional groups attached to an aromatic ring is 1. The maximum atomic E-state index is 11.8. The molecule has 1 aromatic carbocycles. The third-order valence-corrected chi connectivity index (χ3v) is 3.53. The van der Waals surface area contributed by atoms with Gasteiger partial charge >= 0.3 is 0 Å². The van der Waals surface area contributed by atoms with Gasteiger partial charge in [-0.15, -0.1) is 0 Å². The summed E-state index contributed by atoms with van der Waals surface area (Å²) in [6.07, 6.45) is 0.538. The highest BCUT2D eigenvalue weighted by Crippen LogP contribution is 2.29. The average Bonchev–Trinajstić information content (AvgIpc) is 2.32. The molecule has 0 radical (unpaired) electrons. The third-order valence-electron chi connectivity index (χ3n) is 2.71. The van der Waals surface area contributed by atoms with Gasteiger partial charge < -0.3 is 16.2 Å². The number of anilines is 1. The molecule has 0 spiro atoms. The summed E-state index contributed by atoms with van der Waals surface area (Å²) in [5.74, 6) is -0.353. The van der Waals surface area contributed by atoms with E-state index in [-0.39, 0.29) is 28.2 Å². The van der Waals surface area contributed by atoms with Gasteiger partial charge in [0, 0.05) is 12.1 Å². The van der Waals surface area contributed by atoms with Gasteiger partial charge in [-0.25, -0.2) is 0 Å². The van der Waals surface area contributed by atoms with Crippen LogP contribution in [0, 0.1) is 0 Å². The largest absolute Gasteiger partial charge is 0.397 e. The molecule has 18 heavy (non-hydrogen) atoms. The number of halogens is 2. The predicted molar refractivity (Wildman–Crippen MR) is 74.1 cm³/mol. The summed E-state index contributed by atoms with van der Waals surface area (Å²) < 4.78 is 0. The number of nitrogens with one attached hydrogen (secondary N) is 1. The van der Waals surface area contributed by atoms with E-state index in [9.17, 15) is 9.90 Å². The zero-order valence-electron chi connectivity index (χ0n) is 10.3. The molecular weight excluding hydrogens is 275 g/mol. The van der Waals surface area contributed by atoms with Crippen LogP contribution in [-0.2, 0) is 0 Å². The van der Waals surface area contributed by atoms with Crippen LogP contribution in [0.1, 0.15) is 30.6 Å². The molecule has 1 aromatic rings. The van der Waals surface area contributed by atoms with E-state index in [0.29, 0.717) is 12.0 Å². The number of aliphatic hydroxyl groups is 1. The van der Waals surface area contributed by atoms with Gasteiger partial charge in [0.05, 0.1) is 21.3 Å². The summed E-state index contributed by atoms with van der Waals surface area (Å²) in [5, 5.41) is 12.9. The summed E-state index contributed by atoms with van der Waals surface area (Å²) in [7, 11) is 0. The van der Waals surface area contributed by atoms with Crippen LogP contribution in [0.25, 0.3) is 0 Å². The van der Waals surface area contributed by atoms with E-state index in [1.165, 1.54) is 12.1 Å². The zero-order valence-corrected chi connectivity index (χ0v) is 11.8. The first-order chi connectivity index (χ1) is 8.26. The van der Waals surface area contributed by atoms with Crippen LogP contribution in [0.3, 0.4) is 0 Å². The Morgan fingerprint density at radius 3 is 2.61 bits per heavy atom. The minimum atomic E-state index is -0.933. The molecule has 0 fully saturated rings. The number of benzene rings is 1. The predicted octanol–water partition coefficient (Wildman–Crippen LogP) is 2.47. The Morgan fingerprint density at radius 2 is 2.11 bits per heavy atom. The van der Waals surface area contributed by atoms with Gasteiger partial charge in [0.2, 0.25) is 0 Å². The molecule has 0 aliphatic carbocycles. The monoisotopic (exact) mass is 290 g/mol. The number of rotatable bonds is 4. The molecule has 4 nitrogen and oxygen atoms in total. The molecule has 1 amide bonds. The van der Waals surface area contributed by atoms with Gasteiger partial charge in [0.25, 0.3) is 5.91 Å². The first kappa shape index (κ1) is 15.1. The highest BCUT2D eigenvalue weighted by molar-refractivity contribution is 6.43.